The van der Waals surface area contributed by atoms with Gasteiger partial charge >= 0.3 is 5.97 Å². The van der Waals surface area contributed by atoms with E-state index in [1.807, 2.05) is 0 Å². The van der Waals surface area contributed by atoms with Crippen molar-refractivity contribution in [2.45, 2.75) is 0 Å². The molecule has 1 amide bonds. The minimum atomic E-state index is -0.875. The largest absolute Gasteiger partial charge is 0.422 e. The Morgan fingerprint density at radius 1 is 1.09 bits per heavy atom. The Balaban J connectivity index is 1.91. The highest BCUT2D eigenvalue weighted by Gasteiger charge is 2.19. The van der Waals surface area contributed by atoms with E-state index >= 15 is 0 Å². The van der Waals surface area contributed by atoms with Gasteiger partial charge in [-0.1, -0.05) is 57.3 Å². The predicted molar refractivity (Wildman–Crippen MR) is 131 cm³/mol. The van der Waals surface area contributed by atoms with Crippen LogP contribution in [0, 0.1) is 21.4 Å². The van der Waals surface area contributed by atoms with Crippen LogP contribution in [0.15, 0.2) is 70.7 Å². The number of nitrogens with zero attached hydrogens (tertiary/aromatic N) is 2. The fourth-order valence-corrected chi connectivity index (χ4v) is 3.68. The van der Waals surface area contributed by atoms with Crippen LogP contribution < -0.4 is 10.1 Å². The third-order valence-electron chi connectivity index (χ3n) is 4.33. The third-order valence-corrected chi connectivity index (χ3v) is 5.41. The van der Waals surface area contributed by atoms with Gasteiger partial charge in [-0.25, -0.2) is 4.79 Å². The van der Waals surface area contributed by atoms with Crippen molar-refractivity contribution in [2.75, 3.05) is 5.32 Å². The molecule has 0 radical (unpaired) electrons. The van der Waals surface area contributed by atoms with Gasteiger partial charge in [-0.3, -0.25) is 14.9 Å². The molecule has 0 bridgehead atoms. The highest BCUT2D eigenvalue weighted by Crippen LogP contribution is 2.35. The van der Waals surface area contributed by atoms with E-state index in [1.165, 1.54) is 12.1 Å². The molecule has 0 saturated carbocycles. The van der Waals surface area contributed by atoms with Crippen LogP contribution in [0.2, 0.25) is 10.0 Å². The van der Waals surface area contributed by atoms with Crippen molar-refractivity contribution in [3.05, 3.63) is 102 Å². The van der Waals surface area contributed by atoms with Crippen LogP contribution >= 0.6 is 39.1 Å². The van der Waals surface area contributed by atoms with Crippen molar-refractivity contribution in [3.63, 3.8) is 0 Å². The molecule has 0 heterocycles. The molecule has 0 fully saturated rings. The molecule has 0 saturated heterocycles. The van der Waals surface area contributed by atoms with Crippen molar-refractivity contribution >= 4 is 68.5 Å². The number of esters is 1. The van der Waals surface area contributed by atoms with Gasteiger partial charge in [0.05, 0.1) is 26.2 Å². The third kappa shape index (κ3) is 5.99. The van der Waals surface area contributed by atoms with Gasteiger partial charge in [-0.05, 0) is 36.4 Å². The van der Waals surface area contributed by atoms with Gasteiger partial charge in [0.2, 0.25) is 0 Å². The number of carbonyl (C=O) groups excluding carboxylic acids is 2. The number of nitro groups is 1. The Morgan fingerprint density at radius 3 is 2.32 bits per heavy atom. The van der Waals surface area contributed by atoms with E-state index in [9.17, 15) is 25.0 Å². The lowest BCUT2D eigenvalue weighted by Gasteiger charge is -2.10. The highest BCUT2D eigenvalue weighted by molar-refractivity contribution is 9.10. The maximum absolute atomic E-state index is 12.7. The Morgan fingerprint density at radius 2 is 1.74 bits per heavy atom. The van der Waals surface area contributed by atoms with E-state index in [0.29, 0.717) is 10.0 Å². The molecule has 11 heteroatoms. The quantitative estimate of drug-likeness (QED) is 0.0925. The van der Waals surface area contributed by atoms with E-state index in [0.717, 1.165) is 12.1 Å². The number of nitrogens with one attached hydrogen (secondary N) is 1. The van der Waals surface area contributed by atoms with Gasteiger partial charge < -0.3 is 10.1 Å². The summed E-state index contributed by atoms with van der Waals surface area (Å²) in [6, 6.07) is 16.8. The number of anilines is 1. The fraction of sp³-hybridized carbons (Fsp3) is 0. The summed E-state index contributed by atoms with van der Waals surface area (Å²) in [5.41, 5.74) is -0.221. The van der Waals surface area contributed by atoms with Crippen molar-refractivity contribution in [1.82, 2.24) is 0 Å². The Hall–Kier alpha value is -3.71. The molecule has 0 spiro atoms. The molecule has 1 N–H and O–H groups in total. The molecular formula is C23H12BrCl2N3O5. The first-order valence-corrected chi connectivity index (χ1v) is 10.9. The molecule has 34 heavy (non-hydrogen) atoms. The summed E-state index contributed by atoms with van der Waals surface area (Å²) < 4.78 is 6.06. The Kier molecular flexibility index (Phi) is 8.02. The van der Waals surface area contributed by atoms with Crippen LogP contribution in [-0.4, -0.2) is 16.8 Å². The first-order valence-electron chi connectivity index (χ1n) is 9.33. The number of halogens is 3. The molecule has 0 unspecified atom stereocenters. The number of non-ortho nitro benzene ring substituents is 1. The smallest absolute Gasteiger partial charge is 0.343 e. The molecular weight excluding hydrogens is 549 g/mol. The zero-order chi connectivity index (χ0) is 24.8. The van der Waals surface area contributed by atoms with Gasteiger partial charge in [-0.2, -0.15) is 5.26 Å². The molecule has 3 rings (SSSR count). The minimum absolute atomic E-state index is 0.0925. The Bertz CT molecular complexity index is 1350. The second-order valence-corrected chi connectivity index (χ2v) is 8.33. The van der Waals surface area contributed by atoms with Crippen molar-refractivity contribution < 1.29 is 19.2 Å². The fourth-order valence-electron chi connectivity index (χ4n) is 2.73. The van der Waals surface area contributed by atoms with Crippen LogP contribution in [0.1, 0.15) is 15.9 Å². The monoisotopic (exact) mass is 559 g/mol. The lowest BCUT2D eigenvalue weighted by Crippen LogP contribution is -2.14. The summed E-state index contributed by atoms with van der Waals surface area (Å²) in [5, 5.41) is 22.5. The number of amides is 1. The first-order chi connectivity index (χ1) is 16.2. The molecule has 0 aromatic heterocycles. The summed E-state index contributed by atoms with van der Waals surface area (Å²) in [5.74, 6) is -1.38. The summed E-state index contributed by atoms with van der Waals surface area (Å²) in [7, 11) is 0. The SMILES string of the molecule is N#C/C(=C\c1cc(Br)ccc1OC(=O)c1ccccc1)C(=O)Nc1c(Cl)cc([N+](=O)[O-])cc1Cl. The molecule has 3 aromatic carbocycles. The van der Waals surface area contributed by atoms with Crippen LogP contribution in [-0.2, 0) is 4.79 Å². The van der Waals surface area contributed by atoms with Crippen LogP contribution in [0.4, 0.5) is 11.4 Å². The second-order valence-electron chi connectivity index (χ2n) is 6.60. The number of hydrogen-bond donors (Lipinski definition) is 1. The maximum Gasteiger partial charge on any atom is 0.343 e. The van der Waals surface area contributed by atoms with Gasteiger partial charge in [0.1, 0.15) is 17.4 Å². The molecule has 0 aliphatic carbocycles. The summed E-state index contributed by atoms with van der Waals surface area (Å²) >= 11 is 15.3. The molecule has 3 aromatic rings. The molecule has 0 aliphatic rings. The number of nitriles is 1. The summed E-state index contributed by atoms with van der Waals surface area (Å²) in [6.07, 6.45) is 1.22. The normalized spacial score (nSPS) is 10.8. The summed E-state index contributed by atoms with van der Waals surface area (Å²) in [4.78, 5) is 35.4. The van der Waals surface area contributed by atoms with E-state index in [-0.39, 0.29) is 38.3 Å². The van der Waals surface area contributed by atoms with E-state index in [4.69, 9.17) is 27.9 Å². The average Bonchev–Trinajstić information content (AvgIpc) is 2.81. The van der Waals surface area contributed by atoms with Crippen LogP contribution in [0.5, 0.6) is 5.75 Å². The molecule has 0 atom stereocenters. The number of rotatable bonds is 6. The van der Waals surface area contributed by atoms with Gasteiger partial charge in [0.15, 0.2) is 0 Å². The van der Waals surface area contributed by atoms with Crippen molar-refractivity contribution in [2.24, 2.45) is 0 Å². The van der Waals surface area contributed by atoms with E-state index in [1.54, 1.807) is 48.5 Å². The number of benzene rings is 3. The molecule has 170 valence electrons. The predicted octanol–water partition coefficient (Wildman–Crippen LogP) is 6.43. The minimum Gasteiger partial charge on any atom is -0.422 e. The van der Waals surface area contributed by atoms with E-state index < -0.39 is 16.8 Å². The lowest BCUT2D eigenvalue weighted by atomic mass is 10.1. The number of nitro benzene ring substituents is 1. The van der Waals surface area contributed by atoms with Crippen LogP contribution in [0.25, 0.3) is 6.08 Å². The topological polar surface area (TPSA) is 122 Å². The Labute approximate surface area is 211 Å². The number of ether oxygens (including phenoxy) is 1. The standard InChI is InChI=1S/C23H12BrCl2N3O5/c24-16-6-7-20(34-23(31)13-4-2-1-3-5-13)14(9-16)8-15(12-27)22(30)28-21-18(25)10-17(29(32)33)11-19(21)26/h1-11H,(H,28,30)/b15-8+. The zero-order valence-corrected chi connectivity index (χ0v) is 20.0. The average molecular weight is 561 g/mol. The highest BCUT2D eigenvalue weighted by atomic mass is 79.9. The lowest BCUT2D eigenvalue weighted by molar-refractivity contribution is -0.384. The van der Waals surface area contributed by atoms with Crippen LogP contribution in [0.3, 0.4) is 0 Å². The molecule has 0 aliphatic heterocycles. The first kappa shape index (κ1) is 24.9. The zero-order valence-electron chi connectivity index (χ0n) is 16.9. The number of carbonyl (C=O) groups is 2. The van der Waals surface area contributed by atoms with Gasteiger partial charge in [0.25, 0.3) is 11.6 Å². The van der Waals surface area contributed by atoms with Gasteiger partial charge in [0, 0.05) is 22.2 Å². The second kappa shape index (κ2) is 10.9. The molecule has 8 nitrogen and oxygen atoms in total. The van der Waals surface area contributed by atoms with E-state index in [2.05, 4.69) is 21.2 Å². The van der Waals surface area contributed by atoms with Gasteiger partial charge in [-0.15, -0.1) is 0 Å². The maximum atomic E-state index is 12.7. The van der Waals surface area contributed by atoms with Crippen molar-refractivity contribution in [1.29, 1.82) is 5.26 Å². The number of hydrogen-bond acceptors (Lipinski definition) is 6. The summed E-state index contributed by atoms with van der Waals surface area (Å²) in [6.45, 7) is 0. The van der Waals surface area contributed by atoms with Crippen molar-refractivity contribution in [3.8, 4) is 11.8 Å².